The van der Waals surface area contributed by atoms with Gasteiger partial charge in [-0.1, -0.05) is 6.07 Å². The van der Waals surface area contributed by atoms with E-state index in [9.17, 15) is 19.2 Å². The summed E-state index contributed by atoms with van der Waals surface area (Å²) in [5.41, 5.74) is 8.33. The van der Waals surface area contributed by atoms with E-state index in [0.29, 0.717) is 42.0 Å². The summed E-state index contributed by atoms with van der Waals surface area (Å²) in [6.07, 6.45) is 0.958. The van der Waals surface area contributed by atoms with Crippen molar-refractivity contribution in [3.8, 4) is 11.8 Å². The molecule has 2 aromatic carbocycles. The quantitative estimate of drug-likeness (QED) is 0.507. The van der Waals surface area contributed by atoms with Gasteiger partial charge < -0.3 is 16.4 Å². The first-order valence-electron chi connectivity index (χ1n) is 9.58. The van der Waals surface area contributed by atoms with Crippen molar-refractivity contribution in [2.75, 3.05) is 17.6 Å². The molecule has 158 valence electrons. The van der Waals surface area contributed by atoms with Gasteiger partial charge in [-0.25, -0.2) is 9.07 Å². The Morgan fingerprint density at radius 1 is 1.23 bits per heavy atom. The van der Waals surface area contributed by atoms with E-state index in [2.05, 4.69) is 21.8 Å². The van der Waals surface area contributed by atoms with Crippen LogP contribution in [0.15, 0.2) is 48.5 Å². The molecule has 1 heterocycles. The SMILES string of the molecule is CC(=O)Nc1cccc(C(=O)NCCCc2nn(-c3ccc(F)cc3)c(N)c2C#N)c1. The lowest BCUT2D eigenvalue weighted by Gasteiger charge is -2.07. The number of carbonyl (C=O) groups excluding carboxylic acids is 2. The normalized spacial score (nSPS) is 10.4. The van der Waals surface area contributed by atoms with Crippen LogP contribution in [0.5, 0.6) is 0 Å². The number of nitrogens with zero attached hydrogens (tertiary/aromatic N) is 3. The van der Waals surface area contributed by atoms with Crippen LogP contribution < -0.4 is 16.4 Å². The summed E-state index contributed by atoms with van der Waals surface area (Å²) in [4.78, 5) is 23.5. The summed E-state index contributed by atoms with van der Waals surface area (Å²) >= 11 is 0. The molecule has 0 fully saturated rings. The number of nitrogens with one attached hydrogen (secondary N) is 2. The molecular weight excluding hydrogens is 399 g/mol. The fourth-order valence-electron chi connectivity index (χ4n) is 3.06. The van der Waals surface area contributed by atoms with E-state index in [4.69, 9.17) is 5.73 Å². The maximum atomic E-state index is 13.2. The number of rotatable bonds is 7. The highest BCUT2D eigenvalue weighted by molar-refractivity contribution is 5.96. The minimum Gasteiger partial charge on any atom is -0.382 e. The molecule has 8 nitrogen and oxygen atoms in total. The highest BCUT2D eigenvalue weighted by Crippen LogP contribution is 2.21. The number of nitrogens with two attached hydrogens (primary N) is 1. The van der Waals surface area contributed by atoms with Crippen LogP contribution in [-0.2, 0) is 11.2 Å². The van der Waals surface area contributed by atoms with Crippen molar-refractivity contribution in [3.05, 3.63) is 71.2 Å². The van der Waals surface area contributed by atoms with Crippen LogP contribution >= 0.6 is 0 Å². The predicted octanol–water partition coefficient (Wildman–Crippen LogP) is 2.79. The average Bonchev–Trinajstić information content (AvgIpc) is 3.06. The van der Waals surface area contributed by atoms with Crippen molar-refractivity contribution >= 4 is 23.3 Å². The van der Waals surface area contributed by atoms with Crippen molar-refractivity contribution in [2.24, 2.45) is 0 Å². The maximum Gasteiger partial charge on any atom is 0.251 e. The first-order valence-corrected chi connectivity index (χ1v) is 9.58. The molecular formula is C22H21FN6O2. The predicted molar refractivity (Wildman–Crippen MR) is 114 cm³/mol. The van der Waals surface area contributed by atoms with Crippen LogP contribution in [0.25, 0.3) is 5.69 Å². The molecule has 3 rings (SSSR count). The van der Waals surface area contributed by atoms with Crippen LogP contribution in [0.2, 0.25) is 0 Å². The number of hydrogen-bond donors (Lipinski definition) is 3. The minimum atomic E-state index is -0.381. The molecule has 0 aliphatic rings. The van der Waals surface area contributed by atoms with Gasteiger partial charge in [-0.15, -0.1) is 0 Å². The molecule has 0 atom stereocenters. The Bertz CT molecular complexity index is 1150. The van der Waals surface area contributed by atoms with Crippen molar-refractivity contribution < 1.29 is 14.0 Å². The van der Waals surface area contributed by atoms with Gasteiger partial charge in [-0.05, 0) is 55.3 Å². The molecule has 0 bridgehead atoms. The number of aromatic nitrogens is 2. The zero-order valence-corrected chi connectivity index (χ0v) is 16.9. The Labute approximate surface area is 178 Å². The van der Waals surface area contributed by atoms with Gasteiger partial charge in [0.2, 0.25) is 5.91 Å². The molecule has 3 aromatic rings. The molecule has 0 spiro atoms. The van der Waals surface area contributed by atoms with Gasteiger partial charge >= 0.3 is 0 Å². The van der Waals surface area contributed by atoms with E-state index < -0.39 is 0 Å². The molecule has 0 saturated carbocycles. The van der Waals surface area contributed by atoms with Gasteiger partial charge in [0, 0.05) is 24.7 Å². The number of anilines is 2. The number of halogens is 1. The minimum absolute atomic E-state index is 0.183. The van der Waals surface area contributed by atoms with Gasteiger partial charge in [-0.3, -0.25) is 9.59 Å². The lowest BCUT2D eigenvalue weighted by molar-refractivity contribution is -0.114. The summed E-state index contributed by atoms with van der Waals surface area (Å²) in [6, 6.07) is 14.3. The average molecular weight is 420 g/mol. The molecule has 0 aliphatic carbocycles. The monoisotopic (exact) mass is 420 g/mol. The highest BCUT2D eigenvalue weighted by Gasteiger charge is 2.16. The lowest BCUT2D eigenvalue weighted by atomic mass is 10.1. The fraction of sp³-hybridized carbons (Fsp3) is 0.182. The Balaban J connectivity index is 1.61. The third-order valence-corrected chi connectivity index (χ3v) is 4.50. The maximum absolute atomic E-state index is 13.2. The van der Waals surface area contributed by atoms with Crippen LogP contribution in [0.1, 0.15) is 35.0 Å². The summed E-state index contributed by atoms with van der Waals surface area (Å²) in [7, 11) is 0. The van der Waals surface area contributed by atoms with Crippen LogP contribution in [-0.4, -0.2) is 28.1 Å². The molecule has 9 heteroatoms. The Morgan fingerprint density at radius 2 is 1.97 bits per heavy atom. The molecule has 1 aromatic heterocycles. The second-order valence-electron chi connectivity index (χ2n) is 6.83. The molecule has 0 unspecified atom stereocenters. The Kier molecular flexibility index (Phi) is 6.62. The van der Waals surface area contributed by atoms with Crippen molar-refractivity contribution in [3.63, 3.8) is 0 Å². The van der Waals surface area contributed by atoms with Gasteiger partial charge in [0.1, 0.15) is 23.3 Å². The molecule has 0 aliphatic heterocycles. The van der Waals surface area contributed by atoms with Gasteiger partial charge in [0.05, 0.1) is 11.4 Å². The summed E-state index contributed by atoms with van der Waals surface area (Å²) in [5.74, 6) is -0.689. The van der Waals surface area contributed by atoms with Gasteiger partial charge in [-0.2, -0.15) is 10.4 Å². The smallest absolute Gasteiger partial charge is 0.251 e. The van der Waals surface area contributed by atoms with Crippen molar-refractivity contribution in [1.82, 2.24) is 15.1 Å². The van der Waals surface area contributed by atoms with Crippen molar-refractivity contribution in [1.29, 1.82) is 5.26 Å². The fourth-order valence-corrected chi connectivity index (χ4v) is 3.06. The molecule has 2 amide bonds. The van der Waals surface area contributed by atoms with Crippen LogP contribution in [0.4, 0.5) is 15.9 Å². The van der Waals surface area contributed by atoms with Crippen LogP contribution in [0, 0.1) is 17.1 Å². The Hall–Kier alpha value is -4.19. The Morgan fingerprint density at radius 3 is 2.65 bits per heavy atom. The zero-order chi connectivity index (χ0) is 22.4. The lowest BCUT2D eigenvalue weighted by Crippen LogP contribution is -2.25. The van der Waals surface area contributed by atoms with E-state index in [-0.39, 0.29) is 29.0 Å². The number of amides is 2. The number of aryl methyl sites for hydroxylation is 1. The second kappa shape index (κ2) is 9.54. The highest BCUT2D eigenvalue weighted by atomic mass is 19.1. The third kappa shape index (κ3) is 5.25. The number of nitrogen functional groups attached to an aromatic ring is 1. The van der Waals surface area contributed by atoms with Gasteiger partial charge in [0.15, 0.2) is 0 Å². The topological polar surface area (TPSA) is 126 Å². The van der Waals surface area contributed by atoms with E-state index in [1.54, 1.807) is 24.3 Å². The zero-order valence-electron chi connectivity index (χ0n) is 16.9. The van der Waals surface area contributed by atoms with E-state index in [1.807, 2.05) is 0 Å². The molecule has 4 N–H and O–H groups in total. The largest absolute Gasteiger partial charge is 0.382 e. The first-order chi connectivity index (χ1) is 14.9. The summed E-state index contributed by atoms with van der Waals surface area (Å²) in [6.45, 7) is 1.75. The number of benzene rings is 2. The molecule has 0 radical (unpaired) electrons. The third-order valence-electron chi connectivity index (χ3n) is 4.50. The van der Waals surface area contributed by atoms with E-state index in [0.717, 1.165) is 0 Å². The second-order valence-corrected chi connectivity index (χ2v) is 6.83. The first kappa shape index (κ1) is 21.5. The summed E-state index contributed by atoms with van der Waals surface area (Å²) in [5, 5.41) is 19.3. The molecule has 31 heavy (non-hydrogen) atoms. The number of hydrogen-bond acceptors (Lipinski definition) is 5. The van der Waals surface area contributed by atoms with E-state index >= 15 is 0 Å². The van der Waals surface area contributed by atoms with Gasteiger partial charge in [0.25, 0.3) is 5.91 Å². The van der Waals surface area contributed by atoms with E-state index in [1.165, 1.54) is 35.9 Å². The number of nitriles is 1. The van der Waals surface area contributed by atoms with Crippen LogP contribution in [0.3, 0.4) is 0 Å². The molecule has 0 saturated heterocycles. The number of carbonyl (C=O) groups is 2. The summed E-state index contributed by atoms with van der Waals surface area (Å²) < 4.78 is 14.6. The van der Waals surface area contributed by atoms with Crippen molar-refractivity contribution in [2.45, 2.75) is 19.8 Å². The standard InChI is InChI=1S/C22H21FN6O2/c1-14(30)27-17-5-2-4-15(12-17)22(31)26-11-3-6-20-19(13-24)21(25)29(28-20)18-9-7-16(23)8-10-18/h2,4-5,7-10,12H,3,6,11,25H2,1H3,(H,26,31)(H,27,30).